The van der Waals surface area contributed by atoms with Gasteiger partial charge in [0.2, 0.25) is 12.7 Å². The molecule has 2 aliphatic heterocycles. The molecule has 0 spiro atoms. The summed E-state index contributed by atoms with van der Waals surface area (Å²) in [6.45, 7) is 4.44. The van der Waals surface area contributed by atoms with E-state index in [4.69, 9.17) is 9.47 Å². The summed E-state index contributed by atoms with van der Waals surface area (Å²) in [6, 6.07) is 6.13. The third-order valence-electron chi connectivity index (χ3n) is 4.58. The molecule has 0 radical (unpaired) electrons. The third-order valence-corrected chi connectivity index (χ3v) is 4.58. The van der Waals surface area contributed by atoms with Crippen molar-refractivity contribution >= 4 is 5.91 Å². The van der Waals surface area contributed by atoms with Gasteiger partial charge in [-0.05, 0) is 55.7 Å². The number of benzene rings is 1. The lowest BCUT2D eigenvalue weighted by Crippen LogP contribution is -2.35. The zero-order chi connectivity index (χ0) is 15.4. The van der Waals surface area contributed by atoms with E-state index in [1.54, 1.807) is 0 Å². The quantitative estimate of drug-likeness (QED) is 0.837. The van der Waals surface area contributed by atoms with Crippen LogP contribution in [0.5, 0.6) is 11.5 Å². The number of piperidine rings is 1. The van der Waals surface area contributed by atoms with Crippen molar-refractivity contribution in [2.45, 2.75) is 45.4 Å². The van der Waals surface area contributed by atoms with Crippen molar-refractivity contribution < 1.29 is 14.3 Å². The van der Waals surface area contributed by atoms with Crippen LogP contribution in [0.2, 0.25) is 0 Å². The molecule has 0 N–H and O–H groups in total. The van der Waals surface area contributed by atoms with Gasteiger partial charge < -0.3 is 14.4 Å². The van der Waals surface area contributed by atoms with Crippen LogP contribution in [-0.4, -0.2) is 30.7 Å². The maximum atomic E-state index is 12.2. The van der Waals surface area contributed by atoms with Gasteiger partial charge in [0.15, 0.2) is 11.5 Å². The van der Waals surface area contributed by atoms with Gasteiger partial charge in [-0.15, -0.1) is 0 Å². The smallest absolute Gasteiger partial charge is 0.231 e. The first kappa shape index (κ1) is 15.2. The molecule has 1 amide bonds. The fourth-order valence-corrected chi connectivity index (χ4v) is 3.24. The van der Waals surface area contributed by atoms with E-state index in [1.807, 2.05) is 11.0 Å². The number of carbonyl (C=O) groups is 1. The Balaban J connectivity index is 1.46. The van der Waals surface area contributed by atoms with Crippen LogP contribution in [0.15, 0.2) is 18.2 Å². The largest absolute Gasteiger partial charge is 0.454 e. The molecule has 1 aromatic carbocycles. The highest BCUT2D eigenvalue weighted by Gasteiger charge is 2.18. The molecule has 1 aromatic rings. The molecule has 0 aliphatic carbocycles. The van der Waals surface area contributed by atoms with Crippen LogP contribution in [-0.2, 0) is 11.2 Å². The van der Waals surface area contributed by atoms with Gasteiger partial charge in [0, 0.05) is 19.5 Å². The highest BCUT2D eigenvalue weighted by Crippen LogP contribution is 2.33. The lowest BCUT2D eigenvalue weighted by molar-refractivity contribution is -0.132. The summed E-state index contributed by atoms with van der Waals surface area (Å²) in [5.41, 5.74) is 1.25. The molecular weight excluding hydrogens is 278 g/mol. The van der Waals surface area contributed by atoms with Crippen molar-refractivity contribution in [2.75, 3.05) is 19.9 Å². The van der Waals surface area contributed by atoms with Crippen molar-refractivity contribution in [1.29, 1.82) is 0 Å². The Morgan fingerprint density at radius 1 is 1.18 bits per heavy atom. The molecule has 2 heterocycles. The number of ether oxygens (including phenoxy) is 2. The summed E-state index contributed by atoms with van der Waals surface area (Å²) in [7, 11) is 0. The Hall–Kier alpha value is -1.71. The number of hydrogen-bond donors (Lipinski definition) is 0. The standard InChI is InChI=1S/C18H25NO3/c1-14(5-8-18(20)19-9-3-2-4-10-19)11-15-6-7-16-17(12-15)22-13-21-16/h6-7,12,14H,2-5,8-11,13H2,1H3. The van der Waals surface area contributed by atoms with Gasteiger partial charge in [0.05, 0.1) is 0 Å². The summed E-state index contributed by atoms with van der Waals surface area (Å²) >= 11 is 0. The normalized spacial score (nSPS) is 18.3. The molecule has 0 aromatic heterocycles. The number of amides is 1. The molecule has 2 aliphatic rings. The molecule has 4 nitrogen and oxygen atoms in total. The molecule has 1 unspecified atom stereocenters. The van der Waals surface area contributed by atoms with E-state index in [0.29, 0.717) is 25.0 Å². The third kappa shape index (κ3) is 3.73. The summed E-state index contributed by atoms with van der Waals surface area (Å²) in [5.74, 6) is 2.50. The predicted molar refractivity (Wildman–Crippen MR) is 85.1 cm³/mol. The second-order valence-corrected chi connectivity index (χ2v) is 6.48. The second-order valence-electron chi connectivity index (χ2n) is 6.48. The number of likely N-dealkylation sites (tertiary alicyclic amines) is 1. The van der Waals surface area contributed by atoms with Gasteiger partial charge >= 0.3 is 0 Å². The summed E-state index contributed by atoms with van der Waals surface area (Å²) in [4.78, 5) is 14.2. The molecule has 3 rings (SSSR count). The van der Waals surface area contributed by atoms with Crippen LogP contribution in [0.25, 0.3) is 0 Å². The first-order chi connectivity index (χ1) is 10.7. The van der Waals surface area contributed by atoms with Gasteiger partial charge in [-0.1, -0.05) is 13.0 Å². The highest BCUT2D eigenvalue weighted by atomic mass is 16.7. The second kappa shape index (κ2) is 7.03. The van der Waals surface area contributed by atoms with Crippen LogP contribution < -0.4 is 9.47 Å². The summed E-state index contributed by atoms with van der Waals surface area (Å²) in [5, 5.41) is 0. The monoisotopic (exact) mass is 303 g/mol. The van der Waals surface area contributed by atoms with Gasteiger partial charge in [-0.25, -0.2) is 0 Å². The van der Waals surface area contributed by atoms with Crippen LogP contribution >= 0.6 is 0 Å². The Bertz CT molecular complexity index is 523. The first-order valence-electron chi connectivity index (χ1n) is 8.38. The van der Waals surface area contributed by atoms with Crippen molar-refractivity contribution in [3.8, 4) is 11.5 Å². The van der Waals surface area contributed by atoms with Crippen molar-refractivity contribution in [2.24, 2.45) is 5.92 Å². The molecule has 0 saturated carbocycles. The lowest BCUT2D eigenvalue weighted by atomic mass is 9.96. The minimum atomic E-state index is 0.318. The molecule has 1 atom stereocenters. The molecular formula is C18H25NO3. The van der Waals surface area contributed by atoms with Crippen molar-refractivity contribution in [3.05, 3.63) is 23.8 Å². The van der Waals surface area contributed by atoms with Crippen LogP contribution in [0.4, 0.5) is 0 Å². The Kier molecular flexibility index (Phi) is 4.86. The van der Waals surface area contributed by atoms with E-state index in [1.165, 1.54) is 24.8 Å². The minimum Gasteiger partial charge on any atom is -0.454 e. The van der Waals surface area contributed by atoms with Gasteiger partial charge in [-0.2, -0.15) is 0 Å². The average Bonchev–Trinajstić information content (AvgIpc) is 3.01. The van der Waals surface area contributed by atoms with Crippen molar-refractivity contribution in [3.63, 3.8) is 0 Å². The van der Waals surface area contributed by atoms with E-state index in [9.17, 15) is 4.79 Å². The van der Waals surface area contributed by atoms with Gasteiger partial charge in [0.1, 0.15) is 0 Å². The number of fused-ring (bicyclic) bond motifs is 1. The van der Waals surface area contributed by atoms with E-state index < -0.39 is 0 Å². The summed E-state index contributed by atoms with van der Waals surface area (Å²) in [6.07, 6.45) is 6.20. The Morgan fingerprint density at radius 3 is 2.77 bits per heavy atom. The number of carbonyl (C=O) groups excluding carboxylic acids is 1. The maximum Gasteiger partial charge on any atom is 0.231 e. The van der Waals surface area contributed by atoms with E-state index in [-0.39, 0.29) is 0 Å². The maximum absolute atomic E-state index is 12.2. The molecule has 1 fully saturated rings. The first-order valence-corrected chi connectivity index (χ1v) is 8.38. The van der Waals surface area contributed by atoms with E-state index in [2.05, 4.69) is 19.1 Å². The fourth-order valence-electron chi connectivity index (χ4n) is 3.24. The van der Waals surface area contributed by atoms with Crippen LogP contribution in [0.1, 0.15) is 44.6 Å². The van der Waals surface area contributed by atoms with E-state index >= 15 is 0 Å². The highest BCUT2D eigenvalue weighted by molar-refractivity contribution is 5.76. The Labute approximate surface area is 132 Å². The van der Waals surface area contributed by atoms with Crippen molar-refractivity contribution in [1.82, 2.24) is 4.90 Å². The molecule has 0 bridgehead atoms. The van der Waals surface area contributed by atoms with Crippen LogP contribution in [0, 0.1) is 5.92 Å². The fraction of sp³-hybridized carbons (Fsp3) is 0.611. The van der Waals surface area contributed by atoms with Gasteiger partial charge in [0.25, 0.3) is 0 Å². The minimum absolute atomic E-state index is 0.318. The molecule has 1 saturated heterocycles. The lowest BCUT2D eigenvalue weighted by Gasteiger charge is -2.27. The zero-order valence-corrected chi connectivity index (χ0v) is 13.3. The molecule has 120 valence electrons. The number of nitrogens with zero attached hydrogens (tertiary/aromatic N) is 1. The average molecular weight is 303 g/mol. The van der Waals surface area contributed by atoms with E-state index in [0.717, 1.165) is 37.4 Å². The Morgan fingerprint density at radius 2 is 1.95 bits per heavy atom. The number of hydrogen-bond acceptors (Lipinski definition) is 3. The number of rotatable bonds is 5. The topological polar surface area (TPSA) is 38.8 Å². The summed E-state index contributed by atoms with van der Waals surface area (Å²) < 4.78 is 10.7. The van der Waals surface area contributed by atoms with Gasteiger partial charge in [-0.3, -0.25) is 4.79 Å². The SMILES string of the molecule is CC(CCC(=O)N1CCCCC1)Cc1ccc2c(c1)OCO2. The molecule has 22 heavy (non-hydrogen) atoms. The molecule has 4 heteroatoms. The zero-order valence-electron chi connectivity index (χ0n) is 13.3. The predicted octanol–water partition coefficient (Wildman–Crippen LogP) is 3.39. The van der Waals surface area contributed by atoms with Crippen LogP contribution in [0.3, 0.4) is 0 Å².